The van der Waals surface area contributed by atoms with Crippen LogP contribution in [-0.4, -0.2) is 29.9 Å². The van der Waals surface area contributed by atoms with Crippen LogP contribution in [0.3, 0.4) is 0 Å². The van der Waals surface area contributed by atoms with Crippen LogP contribution in [0, 0.1) is 0 Å². The van der Waals surface area contributed by atoms with Crippen LogP contribution in [0.2, 0.25) is 0 Å². The van der Waals surface area contributed by atoms with Gasteiger partial charge in [0.05, 0.1) is 10.1 Å². The summed E-state index contributed by atoms with van der Waals surface area (Å²) >= 11 is 0. The van der Waals surface area contributed by atoms with E-state index in [1.165, 1.54) is 12.8 Å². The summed E-state index contributed by atoms with van der Waals surface area (Å²) in [6.45, 7) is 2.39. The minimum atomic E-state index is -4.14. The molecule has 0 amide bonds. The molecule has 0 fully saturated rings. The van der Waals surface area contributed by atoms with E-state index in [4.69, 9.17) is 5.11 Å². The Morgan fingerprint density at radius 2 is 1.23 bits per heavy atom. The molecule has 0 aromatic rings. The third-order valence-corrected chi connectivity index (χ3v) is 5.26. The predicted octanol–water partition coefficient (Wildman–Crippen LogP) is 0.988. The summed E-state index contributed by atoms with van der Waals surface area (Å²) in [4.78, 5) is 0. The number of unbranched alkanes of at least 4 members (excludes halogenated alkanes) is 9. The van der Waals surface area contributed by atoms with E-state index in [1.54, 1.807) is 0 Å². The molecule has 0 aliphatic heterocycles. The second-order valence-corrected chi connectivity index (χ2v) is 7.60. The summed E-state index contributed by atoms with van der Waals surface area (Å²) in [7, 11) is -4.14. The van der Waals surface area contributed by atoms with E-state index in [2.05, 4.69) is 6.92 Å². The fourth-order valence-electron chi connectivity index (χ4n) is 2.60. The van der Waals surface area contributed by atoms with Crippen LogP contribution >= 0.6 is 0 Å². The van der Waals surface area contributed by atoms with E-state index in [0.717, 1.165) is 57.8 Å². The zero-order valence-corrected chi connectivity index (χ0v) is 17.4. The number of aliphatic hydroxyl groups is 1. The normalized spacial score (nSPS) is 12.9. The molecule has 0 rings (SSSR count). The van der Waals surface area contributed by atoms with Crippen molar-refractivity contribution in [3.8, 4) is 0 Å². The molecular weight excluding hydrogens is 311 g/mol. The minimum absolute atomic E-state index is 0. The van der Waals surface area contributed by atoms with E-state index in [0.29, 0.717) is 12.8 Å². The summed E-state index contributed by atoms with van der Waals surface area (Å²) in [6, 6.07) is 0. The van der Waals surface area contributed by atoms with E-state index < -0.39 is 15.4 Å². The van der Waals surface area contributed by atoms with Crippen LogP contribution in [0.5, 0.6) is 0 Å². The van der Waals surface area contributed by atoms with Gasteiger partial charge in [0.25, 0.3) is 0 Å². The number of hydrogen-bond donors (Lipinski definition) is 1. The molecule has 0 aliphatic carbocycles. The quantitative estimate of drug-likeness (QED) is 0.273. The standard InChI is InChI=1S/C16H34O4S.Na/c1-2-3-4-7-10-13-16(21(18,19)20)14-11-8-5-6-9-12-15-17;/h16-17H,2-15H2,1H3,(H,18,19,20);/q;+1/p-1. The maximum absolute atomic E-state index is 11.3. The van der Waals surface area contributed by atoms with Gasteiger partial charge in [-0.2, -0.15) is 0 Å². The van der Waals surface area contributed by atoms with E-state index >= 15 is 0 Å². The van der Waals surface area contributed by atoms with Crippen molar-refractivity contribution in [1.82, 2.24) is 0 Å². The number of rotatable bonds is 15. The summed E-state index contributed by atoms with van der Waals surface area (Å²) in [5.41, 5.74) is 0. The molecule has 0 aromatic carbocycles. The summed E-state index contributed by atoms with van der Waals surface area (Å²) in [6.07, 6.45) is 12.2. The molecule has 0 spiro atoms. The predicted molar refractivity (Wildman–Crippen MR) is 86.3 cm³/mol. The van der Waals surface area contributed by atoms with Crippen LogP contribution in [0.1, 0.15) is 90.4 Å². The van der Waals surface area contributed by atoms with Gasteiger partial charge in [0, 0.05) is 11.9 Å². The maximum Gasteiger partial charge on any atom is 1.00 e. The first-order valence-electron chi connectivity index (χ1n) is 8.58. The molecule has 0 bridgehead atoms. The van der Waals surface area contributed by atoms with Gasteiger partial charge in [0.15, 0.2) is 0 Å². The second kappa shape index (κ2) is 16.7. The Balaban J connectivity index is 0. The Bertz CT molecular complexity index is 320. The van der Waals surface area contributed by atoms with Gasteiger partial charge < -0.3 is 9.66 Å². The topological polar surface area (TPSA) is 77.4 Å². The van der Waals surface area contributed by atoms with Crippen LogP contribution < -0.4 is 29.6 Å². The van der Waals surface area contributed by atoms with E-state index in [-0.39, 0.29) is 36.2 Å². The van der Waals surface area contributed by atoms with Crippen molar-refractivity contribution < 1.29 is 47.6 Å². The van der Waals surface area contributed by atoms with Crippen molar-refractivity contribution in [2.75, 3.05) is 6.61 Å². The van der Waals surface area contributed by atoms with Crippen molar-refractivity contribution in [2.24, 2.45) is 0 Å². The van der Waals surface area contributed by atoms with Gasteiger partial charge in [-0.15, -0.1) is 0 Å². The van der Waals surface area contributed by atoms with Crippen LogP contribution in [0.15, 0.2) is 0 Å². The van der Waals surface area contributed by atoms with E-state index in [9.17, 15) is 13.0 Å². The molecule has 1 atom stereocenters. The Morgan fingerprint density at radius 1 is 0.818 bits per heavy atom. The fourth-order valence-corrected chi connectivity index (χ4v) is 3.51. The molecule has 0 aromatic heterocycles. The zero-order chi connectivity index (χ0) is 16.0. The van der Waals surface area contributed by atoms with Gasteiger partial charge in [-0.3, -0.25) is 0 Å². The Morgan fingerprint density at radius 3 is 1.64 bits per heavy atom. The summed E-state index contributed by atoms with van der Waals surface area (Å²) in [5, 5.41) is 7.98. The molecule has 6 heteroatoms. The Hall–Kier alpha value is 0.870. The third-order valence-electron chi connectivity index (χ3n) is 3.97. The van der Waals surface area contributed by atoms with Gasteiger partial charge >= 0.3 is 29.6 Å². The summed E-state index contributed by atoms with van der Waals surface area (Å²) < 4.78 is 33.8. The van der Waals surface area contributed by atoms with E-state index in [1.807, 2.05) is 0 Å². The molecule has 0 radical (unpaired) electrons. The third kappa shape index (κ3) is 15.8. The van der Waals surface area contributed by atoms with Gasteiger partial charge in [0.1, 0.15) is 0 Å². The molecule has 4 nitrogen and oxygen atoms in total. The number of aliphatic hydroxyl groups excluding tert-OH is 1. The molecule has 0 saturated carbocycles. The molecule has 128 valence electrons. The molecule has 0 heterocycles. The second-order valence-electron chi connectivity index (χ2n) is 5.95. The van der Waals surface area contributed by atoms with Crippen LogP contribution in [-0.2, 0) is 10.1 Å². The van der Waals surface area contributed by atoms with Crippen molar-refractivity contribution >= 4 is 10.1 Å². The van der Waals surface area contributed by atoms with Crippen LogP contribution in [0.4, 0.5) is 0 Å². The van der Waals surface area contributed by atoms with Crippen molar-refractivity contribution in [3.05, 3.63) is 0 Å². The molecule has 1 unspecified atom stereocenters. The van der Waals surface area contributed by atoms with Crippen molar-refractivity contribution in [2.45, 2.75) is 95.6 Å². The molecule has 1 N–H and O–H groups in total. The Kier molecular flexibility index (Phi) is 19.1. The zero-order valence-electron chi connectivity index (χ0n) is 14.6. The van der Waals surface area contributed by atoms with Gasteiger partial charge in [0.2, 0.25) is 0 Å². The van der Waals surface area contributed by atoms with Crippen molar-refractivity contribution in [1.29, 1.82) is 0 Å². The molecule has 22 heavy (non-hydrogen) atoms. The average Bonchev–Trinajstić information content (AvgIpc) is 2.42. The van der Waals surface area contributed by atoms with Crippen molar-refractivity contribution in [3.63, 3.8) is 0 Å². The monoisotopic (exact) mass is 344 g/mol. The Labute approximate surface area is 159 Å². The fraction of sp³-hybridized carbons (Fsp3) is 1.00. The first-order chi connectivity index (χ1) is 10.0. The van der Waals surface area contributed by atoms with Gasteiger partial charge in [-0.05, 0) is 19.3 Å². The largest absolute Gasteiger partial charge is 1.00 e. The first-order valence-corrected chi connectivity index (χ1v) is 10.0. The smallest absolute Gasteiger partial charge is 0.748 e. The first kappa shape index (κ1) is 25.1. The molecule has 0 saturated heterocycles. The maximum atomic E-state index is 11.3. The van der Waals surface area contributed by atoms with Gasteiger partial charge in [-0.25, -0.2) is 8.42 Å². The average molecular weight is 344 g/mol. The molecule has 0 aliphatic rings. The van der Waals surface area contributed by atoms with Crippen LogP contribution in [0.25, 0.3) is 0 Å². The van der Waals surface area contributed by atoms with Gasteiger partial charge in [-0.1, -0.05) is 71.1 Å². The SMILES string of the molecule is CCCCCCCC(CCCCCCCCO)S(=O)(=O)[O-].[Na+]. The summed E-state index contributed by atoms with van der Waals surface area (Å²) in [5.74, 6) is 0. The minimum Gasteiger partial charge on any atom is -0.748 e. The molecular formula is C16H33NaO4S. The number of hydrogen-bond acceptors (Lipinski definition) is 4.